The molecule has 2 N–H and O–H groups in total. The number of hydrogen-bond acceptors (Lipinski definition) is 5. The summed E-state index contributed by atoms with van der Waals surface area (Å²) in [6.07, 6.45) is -0.476. The van der Waals surface area contributed by atoms with Crippen LogP contribution in [0.1, 0.15) is 16.7 Å². The molecule has 6 nitrogen and oxygen atoms in total. The first-order valence-electron chi connectivity index (χ1n) is 9.76. The molecule has 1 aliphatic rings. The standard InChI is InChI=1S/C24H19N5O/c30-20-15-18-13-7-8-14-19(18)21(16-9-3-1-4-10-16)25-23(20)27-24-26-22(28-29-24)17-11-5-2-6-12-17/h1-14,23H,15H2,(H2,26,27,28,29). The summed E-state index contributed by atoms with van der Waals surface area (Å²) in [6.45, 7) is 0. The van der Waals surface area contributed by atoms with Gasteiger partial charge in [0.2, 0.25) is 5.95 Å². The smallest absolute Gasteiger partial charge is 0.244 e. The maximum Gasteiger partial charge on any atom is 0.244 e. The minimum Gasteiger partial charge on any atom is -0.325 e. The van der Waals surface area contributed by atoms with Crippen LogP contribution in [0, 0.1) is 0 Å². The first kappa shape index (κ1) is 18.0. The Kier molecular flexibility index (Phi) is 4.65. The summed E-state index contributed by atoms with van der Waals surface area (Å²) in [6, 6.07) is 27.5. The molecule has 0 bridgehead atoms. The molecule has 1 atom stereocenters. The van der Waals surface area contributed by atoms with Crippen molar-refractivity contribution in [3.8, 4) is 11.4 Å². The van der Waals surface area contributed by atoms with Crippen molar-refractivity contribution >= 4 is 17.4 Å². The Bertz CT molecular complexity index is 1210. The zero-order valence-electron chi connectivity index (χ0n) is 16.1. The van der Waals surface area contributed by atoms with Gasteiger partial charge < -0.3 is 5.32 Å². The van der Waals surface area contributed by atoms with Crippen molar-refractivity contribution in [3.05, 3.63) is 102 Å². The Hall–Kier alpha value is -4.06. The third-order valence-corrected chi connectivity index (χ3v) is 5.05. The fourth-order valence-electron chi connectivity index (χ4n) is 3.57. The summed E-state index contributed by atoms with van der Waals surface area (Å²) in [4.78, 5) is 22.3. The van der Waals surface area contributed by atoms with Gasteiger partial charge in [0.05, 0.1) is 5.71 Å². The summed E-state index contributed by atoms with van der Waals surface area (Å²) in [5.74, 6) is 0.948. The van der Waals surface area contributed by atoms with Gasteiger partial charge in [0, 0.05) is 23.1 Å². The van der Waals surface area contributed by atoms with E-state index in [0.717, 1.165) is 28.0 Å². The summed E-state index contributed by atoms with van der Waals surface area (Å²) in [7, 11) is 0. The number of aromatic nitrogens is 3. The Labute approximate surface area is 173 Å². The van der Waals surface area contributed by atoms with E-state index in [1.165, 1.54) is 0 Å². The molecule has 1 unspecified atom stereocenters. The number of Topliss-reactive ketones (excluding diaryl/α,β-unsaturated/α-hetero) is 1. The molecule has 0 radical (unpaired) electrons. The van der Waals surface area contributed by atoms with Gasteiger partial charge in [0.15, 0.2) is 17.8 Å². The topological polar surface area (TPSA) is 83.0 Å². The average Bonchev–Trinajstić information content (AvgIpc) is 3.21. The molecule has 4 aromatic rings. The molecule has 0 fully saturated rings. The van der Waals surface area contributed by atoms with Crippen molar-refractivity contribution in [2.75, 3.05) is 5.32 Å². The van der Waals surface area contributed by atoms with Crippen LogP contribution in [0.25, 0.3) is 11.4 Å². The Morgan fingerprint density at radius 1 is 0.833 bits per heavy atom. The molecule has 0 amide bonds. The highest BCUT2D eigenvalue weighted by Gasteiger charge is 2.26. The number of aromatic amines is 1. The molecule has 0 saturated heterocycles. The first-order chi connectivity index (χ1) is 14.8. The number of fused-ring (bicyclic) bond motifs is 1. The third-order valence-electron chi connectivity index (χ3n) is 5.05. The molecule has 5 rings (SSSR count). The second-order valence-corrected chi connectivity index (χ2v) is 7.06. The fourth-order valence-corrected chi connectivity index (χ4v) is 3.57. The molecule has 0 saturated carbocycles. The molecule has 2 heterocycles. The van der Waals surface area contributed by atoms with Crippen molar-refractivity contribution in [1.82, 2.24) is 15.2 Å². The quantitative estimate of drug-likeness (QED) is 0.551. The monoisotopic (exact) mass is 393 g/mol. The van der Waals surface area contributed by atoms with Crippen molar-refractivity contribution in [3.63, 3.8) is 0 Å². The largest absolute Gasteiger partial charge is 0.325 e. The van der Waals surface area contributed by atoms with Crippen LogP contribution >= 0.6 is 0 Å². The number of hydrogen-bond donors (Lipinski definition) is 2. The van der Waals surface area contributed by atoms with Crippen LogP contribution in [-0.2, 0) is 11.2 Å². The van der Waals surface area contributed by atoms with Crippen LogP contribution in [-0.4, -0.2) is 32.8 Å². The molecule has 1 aromatic heterocycles. The predicted molar refractivity (Wildman–Crippen MR) is 116 cm³/mol. The van der Waals surface area contributed by atoms with Gasteiger partial charge in [0.1, 0.15) is 0 Å². The Balaban J connectivity index is 1.51. The second kappa shape index (κ2) is 7.75. The van der Waals surface area contributed by atoms with Gasteiger partial charge in [0.25, 0.3) is 0 Å². The number of H-pyrrole nitrogens is 1. The summed E-state index contributed by atoms with van der Waals surface area (Å²) >= 11 is 0. The van der Waals surface area contributed by atoms with Gasteiger partial charge in [-0.25, -0.2) is 0 Å². The van der Waals surface area contributed by atoms with E-state index >= 15 is 0 Å². The van der Waals surface area contributed by atoms with Gasteiger partial charge in [-0.3, -0.25) is 14.9 Å². The van der Waals surface area contributed by atoms with Crippen LogP contribution < -0.4 is 5.32 Å². The minimum absolute atomic E-state index is 0.0283. The normalized spacial score (nSPS) is 15.8. The molecule has 146 valence electrons. The average molecular weight is 393 g/mol. The van der Waals surface area contributed by atoms with Gasteiger partial charge in [-0.1, -0.05) is 84.9 Å². The first-order valence-corrected chi connectivity index (χ1v) is 9.76. The second-order valence-electron chi connectivity index (χ2n) is 7.06. The minimum atomic E-state index is -0.771. The van der Waals surface area contributed by atoms with E-state index in [9.17, 15) is 4.79 Å². The summed E-state index contributed by atoms with van der Waals surface area (Å²) in [5.41, 5.74) is 4.61. The lowest BCUT2D eigenvalue weighted by molar-refractivity contribution is -0.118. The van der Waals surface area contributed by atoms with E-state index in [1.807, 2.05) is 84.9 Å². The molecule has 30 heavy (non-hydrogen) atoms. The summed E-state index contributed by atoms with van der Waals surface area (Å²) < 4.78 is 0. The highest BCUT2D eigenvalue weighted by Crippen LogP contribution is 2.23. The van der Waals surface area contributed by atoms with Gasteiger partial charge in [-0.05, 0) is 5.56 Å². The molecule has 1 aliphatic heterocycles. The van der Waals surface area contributed by atoms with Gasteiger partial charge in [-0.15, -0.1) is 5.10 Å². The molecule has 0 aliphatic carbocycles. The predicted octanol–water partition coefficient (Wildman–Crippen LogP) is 3.87. The van der Waals surface area contributed by atoms with Crippen molar-refractivity contribution < 1.29 is 4.79 Å². The maximum atomic E-state index is 13.0. The van der Waals surface area contributed by atoms with E-state index in [4.69, 9.17) is 4.99 Å². The highest BCUT2D eigenvalue weighted by atomic mass is 16.1. The lowest BCUT2D eigenvalue weighted by atomic mass is 9.96. The van der Waals surface area contributed by atoms with Crippen LogP contribution in [0.5, 0.6) is 0 Å². The third kappa shape index (κ3) is 3.51. The number of carbonyl (C=O) groups excluding carboxylic acids is 1. The molecule has 3 aromatic carbocycles. The van der Waals surface area contributed by atoms with Crippen LogP contribution in [0.3, 0.4) is 0 Å². The van der Waals surface area contributed by atoms with Crippen LogP contribution in [0.2, 0.25) is 0 Å². The molecular weight excluding hydrogens is 374 g/mol. The molecule has 6 heteroatoms. The number of carbonyl (C=O) groups is 1. The van der Waals surface area contributed by atoms with Crippen molar-refractivity contribution in [2.45, 2.75) is 12.6 Å². The van der Waals surface area contributed by atoms with Crippen LogP contribution in [0.4, 0.5) is 5.95 Å². The number of ketones is 1. The number of aliphatic imine (C=N–C) groups is 1. The van der Waals surface area contributed by atoms with Gasteiger partial charge >= 0.3 is 0 Å². The Morgan fingerprint density at radius 3 is 2.27 bits per heavy atom. The zero-order valence-corrected chi connectivity index (χ0v) is 16.1. The van der Waals surface area contributed by atoms with E-state index in [0.29, 0.717) is 18.2 Å². The number of anilines is 1. The maximum absolute atomic E-state index is 13.0. The van der Waals surface area contributed by atoms with E-state index in [1.54, 1.807) is 0 Å². The number of nitrogens with zero attached hydrogens (tertiary/aromatic N) is 3. The summed E-state index contributed by atoms with van der Waals surface area (Å²) in [5, 5.41) is 10.3. The fraction of sp³-hybridized carbons (Fsp3) is 0.0833. The van der Waals surface area contributed by atoms with Crippen molar-refractivity contribution in [2.24, 2.45) is 4.99 Å². The van der Waals surface area contributed by atoms with E-state index in [-0.39, 0.29) is 5.78 Å². The zero-order chi connectivity index (χ0) is 20.3. The van der Waals surface area contributed by atoms with E-state index < -0.39 is 6.17 Å². The molecular formula is C24H19N5O. The number of benzene rings is 3. The lowest BCUT2D eigenvalue weighted by Crippen LogP contribution is -2.29. The lowest BCUT2D eigenvalue weighted by Gasteiger charge is -2.12. The molecule has 0 spiro atoms. The van der Waals surface area contributed by atoms with E-state index in [2.05, 4.69) is 20.5 Å². The number of rotatable bonds is 4. The van der Waals surface area contributed by atoms with Crippen LogP contribution in [0.15, 0.2) is 89.9 Å². The number of nitrogens with one attached hydrogen (secondary N) is 2. The Morgan fingerprint density at radius 2 is 1.50 bits per heavy atom. The van der Waals surface area contributed by atoms with Crippen molar-refractivity contribution in [1.29, 1.82) is 0 Å². The SMILES string of the molecule is O=C1Cc2ccccc2C(c2ccccc2)=NC1Nc1n[nH]c(-c2ccccc2)n1. The highest BCUT2D eigenvalue weighted by molar-refractivity contribution is 6.16. The van der Waals surface area contributed by atoms with Gasteiger partial charge in [-0.2, -0.15) is 4.98 Å².